The molecule has 1 aliphatic carbocycles. The Balaban J connectivity index is 2.10. The van der Waals surface area contributed by atoms with Gasteiger partial charge >= 0.3 is 0 Å². The zero-order valence-corrected chi connectivity index (χ0v) is 30.7. The SMILES string of the molecule is CCCCCCCC(O)C(O)CCCCCCCC(=O)N[C@H]1CCCC[C@H]1NC(=O)CCCCCCCC(O)C(O)CCCCCCO. The molecule has 9 nitrogen and oxygen atoms in total. The quantitative estimate of drug-likeness (QED) is 0.0387. The lowest BCUT2D eigenvalue weighted by Gasteiger charge is -2.33. The van der Waals surface area contributed by atoms with E-state index in [-0.39, 0.29) is 30.5 Å². The van der Waals surface area contributed by atoms with Crippen molar-refractivity contribution >= 4 is 11.8 Å². The summed E-state index contributed by atoms with van der Waals surface area (Å²) in [6, 6.07) is -0.00649. The molecular weight excluding hydrogens is 608 g/mol. The highest BCUT2D eigenvalue weighted by molar-refractivity contribution is 5.77. The van der Waals surface area contributed by atoms with E-state index in [0.717, 1.165) is 128 Å². The van der Waals surface area contributed by atoms with Gasteiger partial charge in [-0.2, -0.15) is 0 Å². The number of aliphatic hydroxyl groups excluding tert-OH is 5. The fraction of sp³-hybridized carbons (Fsp3) is 0.949. The van der Waals surface area contributed by atoms with E-state index in [2.05, 4.69) is 17.6 Å². The molecule has 48 heavy (non-hydrogen) atoms. The Morgan fingerprint density at radius 1 is 0.500 bits per heavy atom. The topological polar surface area (TPSA) is 159 Å². The van der Waals surface area contributed by atoms with Crippen molar-refractivity contribution in [2.75, 3.05) is 6.61 Å². The van der Waals surface area contributed by atoms with Gasteiger partial charge in [-0.3, -0.25) is 9.59 Å². The molecule has 1 aliphatic rings. The second-order valence-electron chi connectivity index (χ2n) is 14.6. The summed E-state index contributed by atoms with van der Waals surface area (Å²) in [6.45, 7) is 2.40. The molecule has 1 fully saturated rings. The number of unbranched alkanes of at least 4 members (excludes halogenated alkanes) is 15. The standard InChI is InChI=1S/C39H76N2O7/c1-2-3-4-7-14-25-34(43)35(44)26-15-8-5-10-18-29-38(47)40-32-23-20-21-24-33(32)41-39(48)30-19-11-6-9-16-27-36(45)37(46)28-17-12-13-22-31-42/h32-37,42-46H,2-31H2,1H3,(H,40,47)(H,41,48)/t32-,33+,34?,35?,36?,37?/m0/s1. The summed E-state index contributed by atoms with van der Waals surface area (Å²) in [5, 5.41) is 55.9. The predicted octanol–water partition coefficient (Wildman–Crippen LogP) is 6.74. The first kappa shape index (κ1) is 44.8. The monoisotopic (exact) mass is 685 g/mol. The highest BCUT2D eigenvalue weighted by Gasteiger charge is 2.27. The van der Waals surface area contributed by atoms with Crippen LogP contribution in [0.25, 0.3) is 0 Å². The summed E-state index contributed by atoms with van der Waals surface area (Å²) in [6.07, 6.45) is 23.5. The number of amides is 2. The van der Waals surface area contributed by atoms with Crippen molar-refractivity contribution in [2.24, 2.45) is 0 Å². The number of nitrogens with one attached hydrogen (secondary N) is 2. The van der Waals surface area contributed by atoms with E-state index in [4.69, 9.17) is 5.11 Å². The Morgan fingerprint density at radius 3 is 1.17 bits per heavy atom. The van der Waals surface area contributed by atoms with Gasteiger partial charge in [0.2, 0.25) is 11.8 Å². The Morgan fingerprint density at radius 2 is 0.812 bits per heavy atom. The molecule has 7 N–H and O–H groups in total. The van der Waals surface area contributed by atoms with Gasteiger partial charge in [-0.25, -0.2) is 0 Å². The second kappa shape index (κ2) is 30.6. The molecule has 1 saturated carbocycles. The molecule has 0 aromatic rings. The van der Waals surface area contributed by atoms with Crippen LogP contribution in [-0.2, 0) is 9.59 Å². The van der Waals surface area contributed by atoms with Gasteiger partial charge in [-0.15, -0.1) is 0 Å². The largest absolute Gasteiger partial charge is 0.396 e. The molecule has 0 aliphatic heterocycles. The van der Waals surface area contributed by atoms with Gasteiger partial charge in [0.15, 0.2) is 0 Å². The summed E-state index contributed by atoms with van der Waals surface area (Å²) in [7, 11) is 0. The Bertz CT molecular complexity index is 709. The molecule has 0 bridgehead atoms. The van der Waals surface area contributed by atoms with Gasteiger partial charge < -0.3 is 36.2 Å². The van der Waals surface area contributed by atoms with E-state index in [0.29, 0.717) is 38.5 Å². The van der Waals surface area contributed by atoms with E-state index in [1.807, 2.05) is 0 Å². The van der Waals surface area contributed by atoms with E-state index < -0.39 is 24.4 Å². The maximum absolute atomic E-state index is 12.7. The fourth-order valence-electron chi connectivity index (χ4n) is 6.92. The number of hydrogen-bond donors (Lipinski definition) is 7. The lowest BCUT2D eigenvalue weighted by molar-refractivity contribution is -0.125. The van der Waals surface area contributed by atoms with Crippen LogP contribution in [0.2, 0.25) is 0 Å². The van der Waals surface area contributed by atoms with Crippen molar-refractivity contribution < 1.29 is 35.1 Å². The smallest absolute Gasteiger partial charge is 0.220 e. The van der Waals surface area contributed by atoms with Crippen LogP contribution in [0.1, 0.15) is 193 Å². The average molecular weight is 685 g/mol. The van der Waals surface area contributed by atoms with E-state index in [1.165, 1.54) is 19.3 Å². The highest BCUT2D eigenvalue weighted by atomic mass is 16.3. The van der Waals surface area contributed by atoms with E-state index in [1.54, 1.807) is 0 Å². The van der Waals surface area contributed by atoms with Crippen LogP contribution in [0, 0.1) is 0 Å². The lowest BCUT2D eigenvalue weighted by atomic mass is 9.90. The number of rotatable bonds is 32. The molecular formula is C39H76N2O7. The van der Waals surface area contributed by atoms with Crippen molar-refractivity contribution in [3.63, 3.8) is 0 Å². The maximum atomic E-state index is 12.7. The molecule has 0 heterocycles. The third kappa shape index (κ3) is 24.0. The zero-order chi connectivity index (χ0) is 35.2. The van der Waals surface area contributed by atoms with Crippen LogP contribution in [0.5, 0.6) is 0 Å². The average Bonchev–Trinajstić information content (AvgIpc) is 3.07. The number of carbonyl (C=O) groups is 2. The third-order valence-corrected chi connectivity index (χ3v) is 10.2. The van der Waals surface area contributed by atoms with Crippen molar-refractivity contribution in [1.29, 1.82) is 0 Å². The minimum absolute atomic E-state index is 0.00270. The van der Waals surface area contributed by atoms with Crippen LogP contribution in [-0.4, -0.2) is 80.5 Å². The van der Waals surface area contributed by atoms with E-state index in [9.17, 15) is 30.0 Å². The van der Waals surface area contributed by atoms with E-state index >= 15 is 0 Å². The first-order valence-electron chi connectivity index (χ1n) is 20.2. The third-order valence-electron chi connectivity index (χ3n) is 10.2. The van der Waals surface area contributed by atoms with Crippen LogP contribution < -0.4 is 10.6 Å². The highest BCUT2D eigenvalue weighted by Crippen LogP contribution is 2.20. The summed E-state index contributed by atoms with van der Waals surface area (Å²) in [5.41, 5.74) is 0. The van der Waals surface area contributed by atoms with Crippen molar-refractivity contribution in [3.05, 3.63) is 0 Å². The summed E-state index contributed by atoms with van der Waals surface area (Å²) >= 11 is 0. The minimum Gasteiger partial charge on any atom is -0.396 e. The molecule has 4 unspecified atom stereocenters. The van der Waals surface area contributed by atoms with Crippen molar-refractivity contribution in [3.8, 4) is 0 Å². The van der Waals surface area contributed by atoms with Gasteiger partial charge in [-0.1, -0.05) is 122 Å². The van der Waals surface area contributed by atoms with Crippen molar-refractivity contribution in [2.45, 2.75) is 230 Å². The molecule has 0 spiro atoms. The summed E-state index contributed by atoms with van der Waals surface area (Å²) in [4.78, 5) is 25.3. The van der Waals surface area contributed by atoms with Crippen LogP contribution in [0.3, 0.4) is 0 Å². The first-order valence-corrected chi connectivity index (χ1v) is 20.2. The first-order chi connectivity index (χ1) is 23.3. The Hall–Kier alpha value is -1.26. The van der Waals surface area contributed by atoms with Gasteiger partial charge in [-0.05, 0) is 57.8 Å². The normalized spacial score (nSPS) is 19.0. The summed E-state index contributed by atoms with van der Waals surface area (Å²) < 4.78 is 0. The minimum atomic E-state index is -0.677. The molecule has 0 aromatic heterocycles. The van der Waals surface area contributed by atoms with Gasteiger partial charge in [0, 0.05) is 31.5 Å². The molecule has 2 amide bonds. The Labute approximate surface area is 293 Å². The second-order valence-corrected chi connectivity index (χ2v) is 14.6. The number of aliphatic hydroxyl groups is 5. The summed E-state index contributed by atoms with van der Waals surface area (Å²) in [5.74, 6) is 0.123. The molecule has 9 heteroatoms. The molecule has 0 radical (unpaired) electrons. The molecule has 1 rings (SSSR count). The van der Waals surface area contributed by atoms with Gasteiger partial charge in [0.05, 0.1) is 24.4 Å². The molecule has 284 valence electrons. The molecule has 0 aromatic carbocycles. The van der Waals surface area contributed by atoms with Crippen LogP contribution in [0.4, 0.5) is 0 Å². The maximum Gasteiger partial charge on any atom is 0.220 e. The van der Waals surface area contributed by atoms with Crippen molar-refractivity contribution in [1.82, 2.24) is 10.6 Å². The molecule has 6 atom stereocenters. The Kier molecular flexibility index (Phi) is 28.5. The van der Waals surface area contributed by atoms with Crippen LogP contribution in [0.15, 0.2) is 0 Å². The number of carbonyl (C=O) groups excluding carboxylic acids is 2. The van der Waals surface area contributed by atoms with Crippen LogP contribution >= 0.6 is 0 Å². The van der Waals surface area contributed by atoms with Gasteiger partial charge in [0.25, 0.3) is 0 Å². The molecule has 0 saturated heterocycles. The lowest BCUT2D eigenvalue weighted by Crippen LogP contribution is -2.53. The van der Waals surface area contributed by atoms with Gasteiger partial charge in [0.1, 0.15) is 0 Å². The number of hydrogen-bond acceptors (Lipinski definition) is 7. The fourth-order valence-corrected chi connectivity index (χ4v) is 6.92. The predicted molar refractivity (Wildman–Crippen MR) is 195 cm³/mol. The zero-order valence-electron chi connectivity index (χ0n) is 30.7.